The first-order valence-electron chi connectivity index (χ1n) is 6.97. The van der Waals surface area contributed by atoms with Crippen LogP contribution in [0.3, 0.4) is 0 Å². The number of carbonyl (C=O) groups is 2. The first kappa shape index (κ1) is 16.0. The minimum atomic E-state index is -0.373. The molecule has 1 atom stereocenters. The third-order valence-corrected chi connectivity index (χ3v) is 3.67. The van der Waals surface area contributed by atoms with E-state index in [9.17, 15) is 9.59 Å². The summed E-state index contributed by atoms with van der Waals surface area (Å²) in [7, 11) is 0. The topological polar surface area (TPSA) is 70.2 Å². The number of carbonyl (C=O) groups excluding carboxylic acids is 2. The normalized spacial score (nSPS) is 23.5. The lowest BCUT2D eigenvalue weighted by Gasteiger charge is -2.31. The summed E-state index contributed by atoms with van der Waals surface area (Å²) >= 11 is 0. The van der Waals surface area contributed by atoms with Crippen LogP contribution in [0.2, 0.25) is 0 Å². The van der Waals surface area contributed by atoms with E-state index in [1.54, 1.807) is 0 Å². The Morgan fingerprint density at radius 2 is 1.95 bits per heavy atom. The van der Waals surface area contributed by atoms with Crippen molar-refractivity contribution in [3.8, 4) is 0 Å². The zero-order valence-electron chi connectivity index (χ0n) is 12.7. The Morgan fingerprint density at radius 3 is 2.37 bits per heavy atom. The maximum atomic E-state index is 12.3. The van der Waals surface area contributed by atoms with Gasteiger partial charge in [0, 0.05) is 12.1 Å². The van der Waals surface area contributed by atoms with E-state index < -0.39 is 0 Å². The molecule has 0 aromatic heterocycles. The number of amides is 2. The third-order valence-electron chi connectivity index (χ3n) is 3.67. The monoisotopic (exact) mass is 269 g/mol. The van der Waals surface area contributed by atoms with Gasteiger partial charge in [0.15, 0.2) is 0 Å². The number of hydrogen-bond donors (Lipinski definition) is 3. The molecule has 1 fully saturated rings. The maximum absolute atomic E-state index is 12.3. The van der Waals surface area contributed by atoms with Crippen molar-refractivity contribution < 1.29 is 9.59 Å². The van der Waals surface area contributed by atoms with Gasteiger partial charge in [-0.1, -0.05) is 13.8 Å². The molecule has 19 heavy (non-hydrogen) atoms. The van der Waals surface area contributed by atoms with E-state index in [4.69, 9.17) is 0 Å². The van der Waals surface area contributed by atoms with Gasteiger partial charge in [-0.3, -0.25) is 9.59 Å². The summed E-state index contributed by atoms with van der Waals surface area (Å²) in [6.45, 7) is 11.5. The van der Waals surface area contributed by atoms with Crippen LogP contribution in [0.15, 0.2) is 0 Å². The van der Waals surface area contributed by atoms with Crippen LogP contribution in [-0.2, 0) is 9.59 Å². The van der Waals surface area contributed by atoms with Crippen LogP contribution >= 0.6 is 0 Å². The van der Waals surface area contributed by atoms with Crippen LogP contribution in [-0.4, -0.2) is 37.0 Å². The van der Waals surface area contributed by atoms with Gasteiger partial charge in [-0.25, -0.2) is 0 Å². The van der Waals surface area contributed by atoms with Crippen LogP contribution in [0.4, 0.5) is 0 Å². The molecule has 1 unspecified atom stereocenters. The standard InChI is InChI=1S/C14H27N3O2/c1-10(2)14(6-7-15-9-14)12(19)16-8-11(18)17-13(3,4)5/h10,15H,6-9H2,1-5H3,(H,16,19)(H,17,18). The van der Waals surface area contributed by atoms with Crippen molar-refractivity contribution in [2.24, 2.45) is 11.3 Å². The van der Waals surface area contributed by atoms with E-state index in [-0.39, 0.29) is 35.2 Å². The van der Waals surface area contributed by atoms with Crippen molar-refractivity contribution in [3.63, 3.8) is 0 Å². The molecule has 1 saturated heterocycles. The van der Waals surface area contributed by atoms with Crippen molar-refractivity contribution in [1.82, 2.24) is 16.0 Å². The van der Waals surface area contributed by atoms with Gasteiger partial charge < -0.3 is 16.0 Å². The fraction of sp³-hybridized carbons (Fsp3) is 0.857. The molecule has 0 aliphatic carbocycles. The lowest BCUT2D eigenvalue weighted by Crippen LogP contribution is -2.51. The van der Waals surface area contributed by atoms with E-state index >= 15 is 0 Å². The van der Waals surface area contributed by atoms with Crippen LogP contribution < -0.4 is 16.0 Å². The van der Waals surface area contributed by atoms with Gasteiger partial charge in [0.2, 0.25) is 11.8 Å². The molecular formula is C14H27N3O2. The molecule has 0 spiro atoms. The zero-order chi connectivity index (χ0) is 14.7. The molecule has 2 amide bonds. The Bertz CT molecular complexity index is 339. The summed E-state index contributed by atoms with van der Waals surface area (Å²) < 4.78 is 0. The summed E-state index contributed by atoms with van der Waals surface area (Å²) in [4.78, 5) is 24.1. The highest BCUT2D eigenvalue weighted by molar-refractivity contribution is 5.88. The third kappa shape index (κ3) is 4.20. The van der Waals surface area contributed by atoms with Crippen molar-refractivity contribution in [2.45, 2.75) is 46.6 Å². The Labute approximate surface area is 115 Å². The summed E-state index contributed by atoms with van der Waals surface area (Å²) in [5.74, 6) is 0.0930. The van der Waals surface area contributed by atoms with E-state index in [1.807, 2.05) is 20.8 Å². The van der Waals surface area contributed by atoms with Crippen LogP contribution in [0.5, 0.6) is 0 Å². The number of hydrogen-bond acceptors (Lipinski definition) is 3. The molecule has 110 valence electrons. The molecule has 3 N–H and O–H groups in total. The van der Waals surface area contributed by atoms with Gasteiger partial charge in [0.05, 0.1) is 12.0 Å². The molecule has 1 rings (SSSR count). The minimum Gasteiger partial charge on any atom is -0.350 e. The van der Waals surface area contributed by atoms with E-state index in [2.05, 4.69) is 29.8 Å². The number of rotatable bonds is 4. The number of nitrogens with one attached hydrogen (secondary N) is 3. The minimum absolute atomic E-state index is 0.0171. The molecule has 1 heterocycles. The molecule has 5 nitrogen and oxygen atoms in total. The highest BCUT2D eigenvalue weighted by Crippen LogP contribution is 2.34. The first-order valence-corrected chi connectivity index (χ1v) is 6.97. The smallest absolute Gasteiger partial charge is 0.239 e. The molecule has 0 aromatic carbocycles. The fourth-order valence-electron chi connectivity index (χ4n) is 2.46. The van der Waals surface area contributed by atoms with Crippen molar-refractivity contribution >= 4 is 11.8 Å². The lowest BCUT2D eigenvalue weighted by molar-refractivity contribution is -0.134. The van der Waals surface area contributed by atoms with Crippen molar-refractivity contribution in [3.05, 3.63) is 0 Å². The van der Waals surface area contributed by atoms with Gasteiger partial charge in [0.25, 0.3) is 0 Å². The predicted molar refractivity (Wildman–Crippen MR) is 75.7 cm³/mol. The Hall–Kier alpha value is -1.10. The zero-order valence-corrected chi connectivity index (χ0v) is 12.7. The van der Waals surface area contributed by atoms with Gasteiger partial charge in [-0.15, -0.1) is 0 Å². The van der Waals surface area contributed by atoms with Gasteiger partial charge >= 0.3 is 0 Å². The molecule has 5 heteroatoms. The van der Waals surface area contributed by atoms with Gasteiger partial charge in [-0.2, -0.15) is 0 Å². The molecule has 1 aliphatic rings. The van der Waals surface area contributed by atoms with Crippen LogP contribution in [0.1, 0.15) is 41.0 Å². The second-order valence-corrected chi connectivity index (χ2v) is 6.72. The molecule has 1 aliphatic heterocycles. The largest absolute Gasteiger partial charge is 0.350 e. The molecule has 0 radical (unpaired) electrons. The lowest BCUT2D eigenvalue weighted by atomic mass is 9.75. The molecular weight excluding hydrogens is 242 g/mol. The van der Waals surface area contributed by atoms with E-state index in [0.29, 0.717) is 6.54 Å². The van der Waals surface area contributed by atoms with Crippen LogP contribution in [0, 0.1) is 11.3 Å². The van der Waals surface area contributed by atoms with Crippen LogP contribution in [0.25, 0.3) is 0 Å². The molecule has 0 bridgehead atoms. The second kappa shape index (κ2) is 5.90. The highest BCUT2D eigenvalue weighted by atomic mass is 16.2. The van der Waals surface area contributed by atoms with Crippen molar-refractivity contribution in [1.29, 1.82) is 0 Å². The van der Waals surface area contributed by atoms with E-state index in [0.717, 1.165) is 13.0 Å². The average molecular weight is 269 g/mol. The first-order chi connectivity index (χ1) is 8.67. The average Bonchev–Trinajstić information content (AvgIpc) is 2.73. The Morgan fingerprint density at radius 1 is 1.32 bits per heavy atom. The fourth-order valence-corrected chi connectivity index (χ4v) is 2.46. The van der Waals surface area contributed by atoms with E-state index in [1.165, 1.54) is 0 Å². The van der Waals surface area contributed by atoms with Crippen molar-refractivity contribution in [2.75, 3.05) is 19.6 Å². The maximum Gasteiger partial charge on any atom is 0.239 e. The quantitative estimate of drug-likeness (QED) is 0.702. The predicted octanol–water partition coefficient (Wildman–Crippen LogP) is 0.653. The summed E-state index contributed by atoms with van der Waals surface area (Å²) in [5, 5.41) is 8.86. The highest BCUT2D eigenvalue weighted by Gasteiger charge is 2.43. The summed E-state index contributed by atoms with van der Waals surface area (Å²) in [6.07, 6.45) is 0.831. The van der Waals surface area contributed by atoms with Gasteiger partial charge in [-0.05, 0) is 39.7 Å². The summed E-state index contributed by atoms with van der Waals surface area (Å²) in [6, 6.07) is 0. The van der Waals surface area contributed by atoms with Gasteiger partial charge in [0.1, 0.15) is 0 Å². The molecule has 0 saturated carbocycles. The second-order valence-electron chi connectivity index (χ2n) is 6.72. The Kier molecular flexibility index (Phi) is 4.96. The summed E-state index contributed by atoms with van der Waals surface area (Å²) in [5.41, 5.74) is -0.644. The Balaban J connectivity index is 2.53. The SMILES string of the molecule is CC(C)C1(C(=O)NCC(=O)NC(C)(C)C)CCNC1. The molecule has 0 aromatic rings.